The van der Waals surface area contributed by atoms with E-state index in [0.717, 1.165) is 10.6 Å². The van der Waals surface area contributed by atoms with Gasteiger partial charge in [0.1, 0.15) is 10.6 Å². The summed E-state index contributed by atoms with van der Waals surface area (Å²) in [7, 11) is 0. The molecule has 0 aliphatic carbocycles. The van der Waals surface area contributed by atoms with Crippen molar-refractivity contribution in [2.75, 3.05) is 19.6 Å². The van der Waals surface area contributed by atoms with Crippen molar-refractivity contribution in [1.29, 1.82) is 0 Å². The number of rotatable bonds is 4. The lowest BCUT2D eigenvalue weighted by Crippen LogP contribution is -2.61. The Balaban J connectivity index is 1.40. The minimum atomic E-state index is -5.10. The fourth-order valence-electron chi connectivity index (χ4n) is 6.32. The van der Waals surface area contributed by atoms with E-state index in [0.29, 0.717) is 41.6 Å². The van der Waals surface area contributed by atoms with Crippen molar-refractivity contribution in [3.8, 4) is 0 Å². The van der Waals surface area contributed by atoms with Gasteiger partial charge in [0, 0.05) is 60.4 Å². The van der Waals surface area contributed by atoms with Gasteiger partial charge in [-0.15, -0.1) is 11.3 Å². The van der Waals surface area contributed by atoms with Gasteiger partial charge in [0.05, 0.1) is 16.6 Å². The Hall–Kier alpha value is -4.17. The number of piperazine rings is 1. The number of alkyl halides is 6. The second-order valence-corrected chi connectivity index (χ2v) is 13.9. The Bertz CT molecular complexity index is 1840. The van der Waals surface area contributed by atoms with Gasteiger partial charge in [0.25, 0.3) is 5.91 Å². The second kappa shape index (κ2) is 12.4. The molecule has 2 aliphatic rings. The van der Waals surface area contributed by atoms with Crippen LogP contribution in [0.2, 0.25) is 0 Å². The molecule has 4 heterocycles. The second-order valence-electron chi connectivity index (χ2n) is 13.0. The van der Waals surface area contributed by atoms with Gasteiger partial charge in [-0.2, -0.15) is 26.3 Å². The zero-order valence-electron chi connectivity index (χ0n) is 26.2. The number of amides is 1. The molecule has 7 nitrogen and oxygen atoms in total. The van der Waals surface area contributed by atoms with Crippen molar-refractivity contribution in [2.24, 2.45) is 0 Å². The molecule has 48 heavy (non-hydrogen) atoms. The summed E-state index contributed by atoms with van der Waals surface area (Å²) < 4.78 is 89.5. The molecule has 14 heteroatoms. The predicted molar refractivity (Wildman–Crippen MR) is 169 cm³/mol. The first-order chi connectivity index (χ1) is 22.5. The normalized spacial score (nSPS) is 19.3. The topological polar surface area (TPSA) is 67.7 Å². The molecule has 0 N–H and O–H groups in total. The highest BCUT2D eigenvalue weighted by molar-refractivity contribution is 7.10. The summed E-state index contributed by atoms with van der Waals surface area (Å²) in [6.07, 6.45) is -4.78. The first-order valence-corrected chi connectivity index (χ1v) is 16.1. The summed E-state index contributed by atoms with van der Waals surface area (Å²) in [6, 6.07) is 7.23. The Morgan fingerprint density at radius 1 is 0.979 bits per heavy atom. The number of ether oxygens (including phenoxy) is 1. The molecule has 2 unspecified atom stereocenters. The Morgan fingerprint density at radius 2 is 1.67 bits per heavy atom. The highest BCUT2D eigenvalue weighted by atomic mass is 32.1. The highest BCUT2D eigenvalue weighted by Gasteiger charge is 2.42. The minimum absolute atomic E-state index is 0.0177. The summed E-state index contributed by atoms with van der Waals surface area (Å²) in [5.74, 6) is -0.929. The van der Waals surface area contributed by atoms with Crippen LogP contribution in [0.5, 0.6) is 0 Å². The van der Waals surface area contributed by atoms with Crippen molar-refractivity contribution in [2.45, 2.75) is 63.7 Å². The van der Waals surface area contributed by atoms with Crippen LogP contribution in [0.1, 0.15) is 59.2 Å². The van der Waals surface area contributed by atoms with Gasteiger partial charge >= 0.3 is 18.4 Å². The standard InChI is InChI=1S/C34H32F6N4O3S/c1-32(2,3)47-31(46)44-17-22(27-6-4-5-7-28(27)44)14-26-18-42-16-20(29-41-10-11-48-29)8-9-25(42)19-43(26)30(45)21-12-23(33(35,36)37)15-24(13-21)34(38,39)40/h4-8,10-13,15,17,25-26H,9,14,16,18-19H2,1-3H3. The quantitative estimate of drug-likeness (QED) is 0.202. The number of nitrogens with zero attached hydrogens (tertiary/aromatic N) is 4. The van der Waals surface area contributed by atoms with Gasteiger partial charge in [0.2, 0.25) is 0 Å². The first-order valence-electron chi connectivity index (χ1n) is 15.2. The molecule has 0 bridgehead atoms. The smallest absolute Gasteiger partial charge is 0.419 e. The van der Waals surface area contributed by atoms with E-state index in [1.165, 1.54) is 20.8 Å². The van der Waals surface area contributed by atoms with Crippen LogP contribution in [-0.2, 0) is 23.5 Å². The summed E-state index contributed by atoms with van der Waals surface area (Å²) in [5.41, 5.74) is -2.33. The third-order valence-electron chi connectivity index (χ3n) is 8.46. The molecule has 254 valence electrons. The molecule has 1 fully saturated rings. The molecule has 0 saturated carbocycles. The lowest BCUT2D eigenvalue weighted by atomic mass is 9.93. The van der Waals surface area contributed by atoms with Crippen LogP contribution in [0.4, 0.5) is 31.1 Å². The van der Waals surface area contributed by atoms with Crippen molar-refractivity contribution in [1.82, 2.24) is 19.4 Å². The van der Waals surface area contributed by atoms with Crippen molar-refractivity contribution < 1.29 is 40.7 Å². The molecule has 2 aromatic heterocycles. The molecule has 2 atom stereocenters. The number of aromatic nitrogens is 2. The number of carbonyl (C=O) groups excluding carboxylic acids is 2. The van der Waals surface area contributed by atoms with E-state index < -0.39 is 52.7 Å². The van der Waals surface area contributed by atoms with Crippen LogP contribution in [0.15, 0.2) is 66.3 Å². The number of thiazole rings is 1. The molecular formula is C34H32F6N4O3S. The van der Waals surface area contributed by atoms with Crippen LogP contribution in [0.25, 0.3) is 16.5 Å². The van der Waals surface area contributed by atoms with E-state index in [4.69, 9.17) is 4.74 Å². The minimum Gasteiger partial charge on any atom is -0.443 e. The summed E-state index contributed by atoms with van der Waals surface area (Å²) in [4.78, 5) is 35.2. The maximum atomic E-state index is 14.1. The fraction of sp³-hybridized carbons (Fsp3) is 0.382. The zero-order valence-corrected chi connectivity index (χ0v) is 27.0. The molecule has 0 radical (unpaired) electrons. The largest absolute Gasteiger partial charge is 0.443 e. The van der Waals surface area contributed by atoms with E-state index in [1.54, 1.807) is 51.4 Å². The number of carbonyl (C=O) groups is 2. The van der Waals surface area contributed by atoms with Gasteiger partial charge in [0.15, 0.2) is 0 Å². The molecule has 1 saturated heterocycles. The number of hydrogen-bond acceptors (Lipinski definition) is 6. The Labute approximate surface area is 276 Å². The monoisotopic (exact) mass is 690 g/mol. The van der Waals surface area contributed by atoms with Crippen LogP contribution < -0.4 is 0 Å². The first kappa shape index (κ1) is 33.7. The van der Waals surface area contributed by atoms with E-state index in [9.17, 15) is 35.9 Å². The molecule has 1 amide bonds. The summed E-state index contributed by atoms with van der Waals surface area (Å²) >= 11 is 1.49. The maximum absolute atomic E-state index is 14.1. The fourth-order valence-corrected chi connectivity index (χ4v) is 6.99. The lowest BCUT2D eigenvalue weighted by molar-refractivity contribution is -0.143. The van der Waals surface area contributed by atoms with Crippen molar-refractivity contribution in [3.05, 3.63) is 93.6 Å². The number of hydrogen-bond donors (Lipinski definition) is 0. The van der Waals surface area contributed by atoms with E-state index in [2.05, 4.69) is 9.88 Å². The van der Waals surface area contributed by atoms with Crippen molar-refractivity contribution >= 4 is 39.8 Å². The summed E-state index contributed by atoms with van der Waals surface area (Å²) in [6.45, 7) is 6.10. The zero-order chi connectivity index (χ0) is 34.6. The molecule has 0 spiro atoms. The van der Waals surface area contributed by atoms with Crippen LogP contribution >= 0.6 is 11.3 Å². The van der Waals surface area contributed by atoms with Gasteiger partial charge in [-0.1, -0.05) is 24.3 Å². The van der Waals surface area contributed by atoms with Gasteiger partial charge in [-0.05, 0) is 69.0 Å². The average Bonchev–Trinajstić information content (AvgIpc) is 3.67. The Morgan fingerprint density at radius 3 is 2.29 bits per heavy atom. The number of fused-ring (bicyclic) bond motifs is 2. The number of para-hydroxylation sites is 1. The van der Waals surface area contributed by atoms with Crippen LogP contribution in [0, 0.1) is 0 Å². The van der Waals surface area contributed by atoms with Gasteiger partial charge in [-0.3, -0.25) is 14.3 Å². The maximum Gasteiger partial charge on any atom is 0.419 e. The number of benzene rings is 2. The molecule has 2 aliphatic heterocycles. The predicted octanol–water partition coefficient (Wildman–Crippen LogP) is 8.14. The molecule has 4 aromatic rings. The molecular weight excluding hydrogens is 658 g/mol. The van der Waals surface area contributed by atoms with Crippen LogP contribution in [-0.4, -0.2) is 68.7 Å². The van der Waals surface area contributed by atoms with Gasteiger partial charge in [-0.25, -0.2) is 9.78 Å². The lowest BCUT2D eigenvalue weighted by Gasteiger charge is -2.48. The highest BCUT2D eigenvalue weighted by Crippen LogP contribution is 2.38. The van der Waals surface area contributed by atoms with Gasteiger partial charge < -0.3 is 9.64 Å². The average molecular weight is 691 g/mol. The molecule has 2 aromatic carbocycles. The van der Waals surface area contributed by atoms with Crippen molar-refractivity contribution in [3.63, 3.8) is 0 Å². The molecule has 6 rings (SSSR count). The Kier molecular flexibility index (Phi) is 8.69. The SMILES string of the molecule is CC(C)(C)OC(=O)n1cc(CC2CN3CC(c4nccs4)=CCC3CN2C(=O)c2cc(C(F)(F)F)cc(C(F)(F)F)c2)c2ccccc21. The van der Waals surface area contributed by atoms with E-state index >= 15 is 0 Å². The van der Waals surface area contributed by atoms with Crippen LogP contribution in [0.3, 0.4) is 0 Å². The third-order valence-corrected chi connectivity index (χ3v) is 9.31. The third kappa shape index (κ3) is 7.00. The van der Waals surface area contributed by atoms with E-state index in [1.807, 2.05) is 17.5 Å². The summed E-state index contributed by atoms with van der Waals surface area (Å²) in [5, 5.41) is 3.43. The van der Waals surface area contributed by atoms with E-state index in [-0.39, 0.29) is 31.6 Å². The number of halogens is 6.